The van der Waals surface area contributed by atoms with Gasteiger partial charge in [0.25, 0.3) is 0 Å². The molecular weight excluding hydrogens is 340 g/mol. The van der Waals surface area contributed by atoms with Crippen LogP contribution in [-0.2, 0) is 11.3 Å². The summed E-state index contributed by atoms with van der Waals surface area (Å²) >= 11 is 0. The number of nitrogens with zero attached hydrogens (tertiary/aromatic N) is 1. The highest BCUT2D eigenvalue weighted by molar-refractivity contribution is 5.90. The van der Waals surface area contributed by atoms with E-state index < -0.39 is 0 Å². The molecule has 0 unspecified atom stereocenters. The second kappa shape index (κ2) is 9.36. The molecule has 0 saturated heterocycles. The fourth-order valence-corrected chi connectivity index (χ4v) is 2.43. The predicted molar refractivity (Wildman–Crippen MR) is 85.0 cm³/mol. The van der Waals surface area contributed by atoms with Crippen LogP contribution in [0.5, 0.6) is 0 Å². The van der Waals surface area contributed by atoms with Crippen molar-refractivity contribution in [2.45, 2.75) is 39.7 Å². The van der Waals surface area contributed by atoms with Crippen molar-refractivity contribution in [2.24, 2.45) is 0 Å². The number of halogens is 1. The number of nitrogens with one attached hydrogen (secondary N) is 1. The van der Waals surface area contributed by atoms with E-state index in [-0.39, 0.29) is 22.9 Å². The molecule has 1 N–H and O–H groups in total. The molecule has 118 valence electrons. The molecule has 22 heavy (non-hydrogen) atoms. The number of carbonyl (C=O) groups excluding carboxylic acids is 1. The lowest BCUT2D eigenvalue weighted by Gasteiger charge is -2.07. The molecule has 0 aliphatic heterocycles. The molecule has 1 aromatic carbocycles. The fourth-order valence-electron chi connectivity index (χ4n) is 2.43. The Morgan fingerprint density at radius 2 is 1.64 bits per heavy atom. The van der Waals surface area contributed by atoms with E-state index in [0.29, 0.717) is 6.42 Å². The Balaban J connectivity index is 0.00000242. The number of hydrogen-bond acceptors (Lipinski definition) is 1. The summed E-state index contributed by atoms with van der Waals surface area (Å²) in [6.07, 6.45) is 6.58. The van der Waals surface area contributed by atoms with Crippen molar-refractivity contribution in [2.75, 3.05) is 5.32 Å². The maximum Gasteiger partial charge on any atom is 0.224 e. The van der Waals surface area contributed by atoms with Gasteiger partial charge in [0.2, 0.25) is 5.91 Å². The Bertz CT molecular complexity index is 579. The van der Waals surface area contributed by atoms with Gasteiger partial charge < -0.3 is 22.3 Å². The van der Waals surface area contributed by atoms with Gasteiger partial charge >= 0.3 is 0 Å². The number of aryl methyl sites for hydroxylation is 3. The third-order valence-corrected chi connectivity index (χ3v) is 3.35. The first-order valence-electron chi connectivity index (χ1n) is 7.46. The smallest absolute Gasteiger partial charge is 0.224 e. The summed E-state index contributed by atoms with van der Waals surface area (Å²) in [5, 5.41) is 2.98. The monoisotopic (exact) mass is 362 g/mol. The van der Waals surface area contributed by atoms with Crippen LogP contribution in [-0.4, -0.2) is 5.91 Å². The molecule has 0 radical (unpaired) electrons. The van der Waals surface area contributed by atoms with E-state index in [9.17, 15) is 4.79 Å². The van der Waals surface area contributed by atoms with Gasteiger partial charge in [0.1, 0.15) is 6.54 Å². The highest BCUT2D eigenvalue weighted by Gasteiger charge is 2.05. The molecule has 0 fully saturated rings. The van der Waals surface area contributed by atoms with E-state index in [0.717, 1.165) is 25.1 Å². The summed E-state index contributed by atoms with van der Waals surface area (Å²) in [4.78, 5) is 11.9. The summed E-state index contributed by atoms with van der Waals surface area (Å²) in [5.41, 5.74) is 3.24. The number of carbonyl (C=O) groups is 1. The summed E-state index contributed by atoms with van der Waals surface area (Å²) in [6, 6.07) is 12.2. The van der Waals surface area contributed by atoms with E-state index in [1.807, 2.05) is 44.2 Å². The van der Waals surface area contributed by atoms with Crippen molar-refractivity contribution in [3.63, 3.8) is 0 Å². The molecule has 2 rings (SSSR count). The molecular formula is C18H23BrN2O. The lowest BCUT2D eigenvalue weighted by molar-refractivity contribution is -0.697. The number of pyridine rings is 1. The molecule has 0 bridgehead atoms. The standard InChI is InChI=1S/C18H22N2O.BrH/c1-15-12-16(2)14-17(13-15)19-18(21)8-4-7-11-20-9-5-3-6-10-20;/h3,5-6,9-10,12-14H,4,7-8,11H2,1-2H3;1H. The third kappa shape index (κ3) is 6.39. The first-order valence-corrected chi connectivity index (χ1v) is 7.46. The number of unbranched alkanes of at least 4 members (excludes halogenated alkanes) is 1. The quantitative estimate of drug-likeness (QED) is 0.585. The SMILES string of the molecule is Cc1cc(C)cc(NC(=O)CCCC[n+]2ccccc2)c1.[Br-]. The molecule has 1 heterocycles. The molecule has 0 atom stereocenters. The lowest BCUT2D eigenvalue weighted by atomic mass is 10.1. The van der Waals surface area contributed by atoms with E-state index in [1.54, 1.807) is 0 Å². The fraction of sp³-hybridized carbons (Fsp3) is 0.333. The first kappa shape index (κ1) is 18.4. The predicted octanol–water partition coefficient (Wildman–Crippen LogP) is 0.404. The van der Waals surface area contributed by atoms with Crippen LogP contribution in [0, 0.1) is 13.8 Å². The van der Waals surface area contributed by atoms with Gasteiger partial charge in [-0.3, -0.25) is 4.79 Å². The number of hydrogen-bond donors (Lipinski definition) is 1. The maximum absolute atomic E-state index is 11.9. The van der Waals surface area contributed by atoms with Crippen LogP contribution in [0.2, 0.25) is 0 Å². The molecule has 3 nitrogen and oxygen atoms in total. The molecule has 0 aliphatic rings. The Morgan fingerprint density at radius 3 is 2.27 bits per heavy atom. The van der Waals surface area contributed by atoms with E-state index in [4.69, 9.17) is 0 Å². The van der Waals surface area contributed by atoms with Crippen molar-refractivity contribution in [3.05, 3.63) is 59.9 Å². The summed E-state index contributed by atoms with van der Waals surface area (Å²) in [7, 11) is 0. The molecule has 0 aliphatic carbocycles. The summed E-state index contributed by atoms with van der Waals surface area (Å²) < 4.78 is 2.14. The van der Waals surface area contributed by atoms with E-state index in [1.165, 1.54) is 11.1 Å². The zero-order valence-electron chi connectivity index (χ0n) is 13.2. The number of benzene rings is 1. The Labute approximate surface area is 143 Å². The number of amides is 1. The Hall–Kier alpha value is -1.68. The summed E-state index contributed by atoms with van der Waals surface area (Å²) in [5.74, 6) is 0.0954. The van der Waals surface area contributed by atoms with Gasteiger partial charge in [-0.1, -0.05) is 12.1 Å². The minimum Gasteiger partial charge on any atom is -1.00 e. The molecule has 1 aromatic heterocycles. The largest absolute Gasteiger partial charge is 1.00 e. The van der Waals surface area contributed by atoms with Gasteiger partial charge in [0, 0.05) is 30.7 Å². The van der Waals surface area contributed by atoms with Gasteiger partial charge in [-0.05, 0) is 43.5 Å². The highest BCUT2D eigenvalue weighted by Crippen LogP contribution is 2.14. The average molecular weight is 363 g/mol. The molecule has 0 saturated carbocycles. The molecule has 2 aromatic rings. The van der Waals surface area contributed by atoms with Crippen LogP contribution >= 0.6 is 0 Å². The zero-order valence-corrected chi connectivity index (χ0v) is 14.8. The van der Waals surface area contributed by atoms with Crippen molar-refractivity contribution in [1.82, 2.24) is 0 Å². The van der Waals surface area contributed by atoms with Crippen LogP contribution in [0.3, 0.4) is 0 Å². The highest BCUT2D eigenvalue weighted by atomic mass is 79.9. The van der Waals surface area contributed by atoms with E-state index >= 15 is 0 Å². The second-order valence-corrected chi connectivity index (χ2v) is 5.49. The third-order valence-electron chi connectivity index (χ3n) is 3.35. The number of anilines is 1. The number of aromatic nitrogens is 1. The van der Waals surface area contributed by atoms with Gasteiger partial charge in [0.15, 0.2) is 12.4 Å². The van der Waals surface area contributed by atoms with Crippen LogP contribution in [0.4, 0.5) is 5.69 Å². The van der Waals surface area contributed by atoms with Crippen molar-refractivity contribution in [1.29, 1.82) is 0 Å². The number of rotatable bonds is 6. The topological polar surface area (TPSA) is 33.0 Å². The van der Waals surface area contributed by atoms with Crippen LogP contribution in [0.1, 0.15) is 30.4 Å². The minimum absolute atomic E-state index is 0. The van der Waals surface area contributed by atoms with Crippen LogP contribution < -0.4 is 26.9 Å². The zero-order chi connectivity index (χ0) is 15.1. The van der Waals surface area contributed by atoms with Gasteiger partial charge in [0.05, 0.1) is 0 Å². The van der Waals surface area contributed by atoms with Crippen molar-refractivity contribution < 1.29 is 26.3 Å². The normalized spacial score (nSPS) is 9.91. The lowest BCUT2D eigenvalue weighted by Crippen LogP contribution is -3.00. The molecule has 4 heteroatoms. The average Bonchev–Trinajstić information content (AvgIpc) is 2.43. The maximum atomic E-state index is 11.9. The minimum atomic E-state index is 0. The van der Waals surface area contributed by atoms with Gasteiger partial charge in [-0.15, -0.1) is 0 Å². The Kier molecular flexibility index (Phi) is 7.82. The van der Waals surface area contributed by atoms with E-state index in [2.05, 4.69) is 28.3 Å². The van der Waals surface area contributed by atoms with Crippen molar-refractivity contribution >= 4 is 11.6 Å². The van der Waals surface area contributed by atoms with Crippen LogP contribution in [0.15, 0.2) is 48.8 Å². The van der Waals surface area contributed by atoms with Crippen LogP contribution in [0.25, 0.3) is 0 Å². The van der Waals surface area contributed by atoms with Gasteiger partial charge in [-0.25, -0.2) is 4.57 Å². The first-order chi connectivity index (χ1) is 10.1. The molecule has 0 spiro atoms. The van der Waals surface area contributed by atoms with Crippen molar-refractivity contribution in [3.8, 4) is 0 Å². The second-order valence-electron chi connectivity index (χ2n) is 5.49. The summed E-state index contributed by atoms with van der Waals surface area (Å²) in [6.45, 7) is 5.04. The van der Waals surface area contributed by atoms with Gasteiger partial charge in [-0.2, -0.15) is 0 Å². The molecule has 1 amide bonds. The Morgan fingerprint density at radius 1 is 1.00 bits per heavy atom.